The van der Waals surface area contributed by atoms with Crippen molar-refractivity contribution in [3.63, 3.8) is 0 Å². The van der Waals surface area contributed by atoms with E-state index in [2.05, 4.69) is 47.7 Å². The van der Waals surface area contributed by atoms with Crippen molar-refractivity contribution in [2.75, 3.05) is 18.5 Å². The van der Waals surface area contributed by atoms with Crippen LogP contribution in [-0.4, -0.2) is 43.5 Å². The summed E-state index contributed by atoms with van der Waals surface area (Å²) in [6.45, 7) is 9.33. The highest BCUT2D eigenvalue weighted by Gasteiger charge is 2.20. The van der Waals surface area contributed by atoms with E-state index in [9.17, 15) is 8.42 Å². The zero-order valence-corrected chi connectivity index (χ0v) is 13.8. The summed E-state index contributed by atoms with van der Waals surface area (Å²) in [5.74, 6) is 5.42. The van der Waals surface area contributed by atoms with Gasteiger partial charge >= 0.3 is 0 Å². The zero-order chi connectivity index (χ0) is 16.0. The number of rotatable bonds is 8. The third-order valence-electron chi connectivity index (χ3n) is 3.19. The third-order valence-corrected chi connectivity index (χ3v) is 4.68. The van der Waals surface area contributed by atoms with Gasteiger partial charge in [-0.1, -0.05) is 0 Å². The highest BCUT2D eigenvalue weighted by molar-refractivity contribution is 7.89. The fourth-order valence-electron chi connectivity index (χ4n) is 2.22. The van der Waals surface area contributed by atoms with Gasteiger partial charge in [0.25, 0.3) is 0 Å². The molecule has 0 aromatic carbocycles. The number of nitrogens with one attached hydrogen (secondary N) is 2. The van der Waals surface area contributed by atoms with Crippen LogP contribution in [0.2, 0.25) is 0 Å². The molecule has 1 aromatic heterocycles. The van der Waals surface area contributed by atoms with Crippen LogP contribution in [0.5, 0.6) is 0 Å². The van der Waals surface area contributed by atoms with Gasteiger partial charge < -0.3 is 5.43 Å². The molecule has 0 atom stereocenters. The minimum Gasteiger partial charge on any atom is -0.307 e. The van der Waals surface area contributed by atoms with Gasteiger partial charge in [-0.3, -0.25) is 4.90 Å². The van der Waals surface area contributed by atoms with Crippen LogP contribution in [0.1, 0.15) is 27.7 Å². The number of hydrogen-bond donors (Lipinski definition) is 3. The summed E-state index contributed by atoms with van der Waals surface area (Å²) in [4.78, 5) is 6.16. The van der Waals surface area contributed by atoms with Gasteiger partial charge in [-0.05, 0) is 39.8 Å². The molecule has 0 aliphatic heterocycles. The molecule has 1 aromatic rings. The number of nitrogen functional groups attached to an aromatic ring is 1. The lowest BCUT2D eigenvalue weighted by atomic mass is 10.2. The van der Waals surface area contributed by atoms with Gasteiger partial charge in [-0.25, -0.2) is 24.0 Å². The average molecular weight is 315 g/mol. The fourth-order valence-corrected chi connectivity index (χ4v) is 3.35. The van der Waals surface area contributed by atoms with Crippen LogP contribution in [0, 0.1) is 0 Å². The Morgan fingerprint density at radius 3 is 2.43 bits per heavy atom. The number of hydrazine groups is 1. The van der Waals surface area contributed by atoms with E-state index in [1.807, 2.05) is 0 Å². The van der Waals surface area contributed by atoms with Crippen LogP contribution in [-0.2, 0) is 10.0 Å². The van der Waals surface area contributed by atoms with Crippen LogP contribution in [0.25, 0.3) is 0 Å². The van der Waals surface area contributed by atoms with Crippen LogP contribution in [0.15, 0.2) is 23.2 Å². The first-order chi connectivity index (χ1) is 9.79. The van der Waals surface area contributed by atoms with E-state index < -0.39 is 10.0 Å². The minimum atomic E-state index is -3.63. The minimum absolute atomic E-state index is 0.0492. The Bertz CT molecular complexity index is 537. The number of sulfonamides is 1. The van der Waals surface area contributed by atoms with Gasteiger partial charge in [0, 0.05) is 31.4 Å². The number of anilines is 1. The molecule has 21 heavy (non-hydrogen) atoms. The molecule has 1 rings (SSSR count). The lowest BCUT2D eigenvalue weighted by Crippen LogP contribution is -2.42. The molecule has 1 heterocycles. The molecule has 0 saturated carbocycles. The lowest BCUT2D eigenvalue weighted by molar-refractivity contribution is 0.179. The molecule has 0 radical (unpaired) electrons. The van der Waals surface area contributed by atoms with E-state index in [1.165, 1.54) is 12.3 Å². The maximum atomic E-state index is 12.3. The number of nitrogens with zero attached hydrogens (tertiary/aromatic N) is 2. The number of aromatic nitrogens is 1. The lowest BCUT2D eigenvalue weighted by Gasteiger charge is -2.30. The number of pyridine rings is 1. The molecule has 0 bridgehead atoms. The molecule has 120 valence electrons. The van der Waals surface area contributed by atoms with Gasteiger partial charge in [-0.2, -0.15) is 0 Å². The first-order valence-electron chi connectivity index (χ1n) is 6.96. The molecule has 0 aliphatic carbocycles. The summed E-state index contributed by atoms with van der Waals surface area (Å²) in [7, 11) is -3.63. The maximum absolute atomic E-state index is 12.3. The topological polar surface area (TPSA) is 100 Å². The summed E-state index contributed by atoms with van der Waals surface area (Å²) >= 11 is 0. The van der Waals surface area contributed by atoms with Crippen molar-refractivity contribution in [1.29, 1.82) is 0 Å². The summed E-state index contributed by atoms with van der Waals surface area (Å²) in [5, 5.41) is 0. The quantitative estimate of drug-likeness (QED) is 0.484. The molecule has 0 fully saturated rings. The molecule has 0 spiro atoms. The van der Waals surface area contributed by atoms with Crippen molar-refractivity contribution in [3.05, 3.63) is 18.3 Å². The Balaban J connectivity index is 2.74. The van der Waals surface area contributed by atoms with Crippen molar-refractivity contribution < 1.29 is 8.42 Å². The van der Waals surface area contributed by atoms with Crippen molar-refractivity contribution in [3.8, 4) is 0 Å². The van der Waals surface area contributed by atoms with E-state index in [0.29, 0.717) is 25.2 Å². The standard InChI is InChI=1S/C13H25N5O2S/c1-10(2)18(11(3)4)9-8-16-21(19,20)12-6-5-7-15-13(12)17-14/h5-7,10-11,16H,8-9,14H2,1-4H3,(H,15,17). The number of hydrogen-bond acceptors (Lipinski definition) is 6. The second-order valence-electron chi connectivity index (χ2n) is 5.32. The SMILES string of the molecule is CC(C)N(CCNS(=O)(=O)c1cccnc1NN)C(C)C. The number of nitrogens with two attached hydrogens (primary N) is 1. The van der Waals surface area contributed by atoms with Crippen LogP contribution in [0.4, 0.5) is 5.82 Å². The van der Waals surface area contributed by atoms with Crippen LogP contribution in [0.3, 0.4) is 0 Å². The summed E-state index contributed by atoms with van der Waals surface area (Å²) in [6, 6.07) is 3.74. The van der Waals surface area contributed by atoms with Gasteiger partial charge in [-0.15, -0.1) is 0 Å². The monoisotopic (exact) mass is 315 g/mol. The van der Waals surface area contributed by atoms with Crippen molar-refractivity contribution >= 4 is 15.8 Å². The Morgan fingerprint density at radius 1 is 1.29 bits per heavy atom. The fraction of sp³-hybridized carbons (Fsp3) is 0.615. The van der Waals surface area contributed by atoms with E-state index in [-0.39, 0.29) is 10.7 Å². The van der Waals surface area contributed by atoms with Gasteiger partial charge in [0.1, 0.15) is 4.90 Å². The van der Waals surface area contributed by atoms with Crippen molar-refractivity contribution in [1.82, 2.24) is 14.6 Å². The van der Waals surface area contributed by atoms with Gasteiger partial charge in [0.2, 0.25) is 10.0 Å². The summed E-state index contributed by atoms with van der Waals surface area (Å²) in [5.41, 5.74) is 2.30. The van der Waals surface area contributed by atoms with Gasteiger partial charge in [0.05, 0.1) is 0 Å². The van der Waals surface area contributed by atoms with Gasteiger partial charge in [0.15, 0.2) is 5.82 Å². The molecule has 8 heteroatoms. The van der Waals surface area contributed by atoms with E-state index in [1.54, 1.807) is 6.07 Å². The Kier molecular flexibility index (Phi) is 6.53. The average Bonchev–Trinajstić information content (AvgIpc) is 2.42. The highest BCUT2D eigenvalue weighted by atomic mass is 32.2. The molecule has 7 nitrogen and oxygen atoms in total. The Labute approximate surface area is 127 Å². The molecule has 0 aliphatic rings. The molecule has 0 saturated heterocycles. The van der Waals surface area contributed by atoms with Crippen LogP contribution < -0.4 is 16.0 Å². The van der Waals surface area contributed by atoms with E-state index >= 15 is 0 Å². The smallest absolute Gasteiger partial charge is 0.244 e. The molecular formula is C13H25N5O2S. The van der Waals surface area contributed by atoms with Crippen molar-refractivity contribution in [2.24, 2.45) is 5.84 Å². The first kappa shape index (κ1) is 17.8. The second-order valence-corrected chi connectivity index (χ2v) is 7.05. The zero-order valence-electron chi connectivity index (χ0n) is 13.0. The molecular weight excluding hydrogens is 290 g/mol. The predicted molar refractivity (Wildman–Crippen MR) is 84.2 cm³/mol. The maximum Gasteiger partial charge on any atom is 0.244 e. The first-order valence-corrected chi connectivity index (χ1v) is 8.45. The predicted octanol–water partition coefficient (Wildman–Crippen LogP) is 0.764. The van der Waals surface area contributed by atoms with Crippen LogP contribution >= 0.6 is 0 Å². The Hall–Kier alpha value is -1.22. The largest absolute Gasteiger partial charge is 0.307 e. The normalized spacial score (nSPS) is 12.4. The third kappa shape index (κ3) is 4.92. The van der Waals surface area contributed by atoms with Crippen molar-refractivity contribution in [2.45, 2.75) is 44.7 Å². The summed E-state index contributed by atoms with van der Waals surface area (Å²) < 4.78 is 27.1. The highest BCUT2D eigenvalue weighted by Crippen LogP contribution is 2.16. The Morgan fingerprint density at radius 2 is 1.90 bits per heavy atom. The van der Waals surface area contributed by atoms with E-state index in [0.717, 1.165) is 0 Å². The summed E-state index contributed by atoms with van der Waals surface area (Å²) in [6.07, 6.45) is 1.48. The van der Waals surface area contributed by atoms with E-state index in [4.69, 9.17) is 5.84 Å². The molecule has 0 amide bonds. The molecule has 4 N–H and O–H groups in total. The molecule has 0 unspecified atom stereocenters. The second kappa shape index (κ2) is 7.69.